The molecule has 0 radical (unpaired) electrons. The number of hydrogen-bond donors (Lipinski definition) is 3. The summed E-state index contributed by atoms with van der Waals surface area (Å²) in [6, 6.07) is 9.35. The van der Waals surface area contributed by atoms with Crippen LogP contribution in [-0.4, -0.2) is 71.6 Å². The van der Waals surface area contributed by atoms with Gasteiger partial charge in [0.05, 0.1) is 30.5 Å². The van der Waals surface area contributed by atoms with Crippen LogP contribution in [0, 0.1) is 34.0 Å². The lowest BCUT2D eigenvalue weighted by Gasteiger charge is -2.54. The van der Waals surface area contributed by atoms with E-state index in [1.54, 1.807) is 0 Å². The van der Waals surface area contributed by atoms with Crippen LogP contribution in [0.15, 0.2) is 54.1 Å². The summed E-state index contributed by atoms with van der Waals surface area (Å²) >= 11 is 0. The molecule has 1 heterocycles. The number of amides is 1. The van der Waals surface area contributed by atoms with Gasteiger partial charge in [-0.3, -0.25) is 4.79 Å². The predicted molar refractivity (Wildman–Crippen MR) is 152 cm³/mol. The fourth-order valence-corrected chi connectivity index (χ4v) is 9.84. The van der Waals surface area contributed by atoms with Gasteiger partial charge in [0, 0.05) is 35.3 Å². The van der Waals surface area contributed by atoms with Crippen molar-refractivity contribution in [1.29, 1.82) is 0 Å². The van der Waals surface area contributed by atoms with Gasteiger partial charge in [-0.05, 0) is 69.2 Å². The highest BCUT2D eigenvalue weighted by molar-refractivity contribution is 5.94. The lowest BCUT2D eigenvalue weighted by Crippen LogP contribution is -2.57. The summed E-state index contributed by atoms with van der Waals surface area (Å²) < 4.78 is 6.67. The lowest BCUT2D eigenvalue weighted by atomic mass is 9.51. The SMILES string of the molecule is CC([C@H]1[C@H](O)C[C@@]2(C)[C@@H]3C[C@H](O)[C@H]4[C@]5(C)CO[C@]4(C=C[C@@H]5NC(=O)c4ccccc4)CC3=CC[C@]12C)N(C)C. The van der Waals surface area contributed by atoms with Crippen LogP contribution in [-0.2, 0) is 4.74 Å². The number of aliphatic hydroxyl groups excluding tert-OH is 2. The summed E-state index contributed by atoms with van der Waals surface area (Å²) in [6.07, 6.45) is 8.86. The van der Waals surface area contributed by atoms with Crippen LogP contribution in [0.5, 0.6) is 0 Å². The van der Waals surface area contributed by atoms with Gasteiger partial charge in [-0.1, -0.05) is 62.8 Å². The summed E-state index contributed by atoms with van der Waals surface area (Å²) in [5.74, 6) is 0.119. The van der Waals surface area contributed by atoms with E-state index in [1.807, 2.05) is 30.3 Å². The topological polar surface area (TPSA) is 82.0 Å². The fraction of sp³-hybridized carbons (Fsp3) is 0.667. The molecule has 1 unspecified atom stereocenters. The molecular weight excluding hydrogens is 488 g/mol. The molecule has 6 nitrogen and oxygen atoms in total. The molecule has 6 heteroatoms. The van der Waals surface area contributed by atoms with E-state index in [0.717, 1.165) is 19.3 Å². The minimum atomic E-state index is -0.573. The summed E-state index contributed by atoms with van der Waals surface area (Å²) in [7, 11) is 4.21. The Labute approximate surface area is 233 Å². The molecule has 1 aromatic carbocycles. The quantitative estimate of drug-likeness (QED) is 0.505. The maximum absolute atomic E-state index is 13.1. The van der Waals surface area contributed by atoms with Crippen LogP contribution in [0.4, 0.5) is 0 Å². The summed E-state index contributed by atoms with van der Waals surface area (Å²) in [4.78, 5) is 15.4. The molecule has 3 N–H and O–H groups in total. The van der Waals surface area contributed by atoms with Crippen LogP contribution < -0.4 is 5.32 Å². The Bertz CT molecular complexity index is 1200. The molecule has 1 saturated heterocycles. The third-order valence-electron chi connectivity index (χ3n) is 12.3. The highest BCUT2D eigenvalue weighted by Gasteiger charge is 2.69. The number of ether oxygens (including phenoxy) is 1. The summed E-state index contributed by atoms with van der Waals surface area (Å²) in [5, 5.41) is 26.8. The highest BCUT2D eigenvalue weighted by Crippen LogP contribution is 2.69. The van der Waals surface area contributed by atoms with Crippen molar-refractivity contribution in [3.63, 3.8) is 0 Å². The molecule has 2 saturated carbocycles. The Hall–Kier alpha value is -1.99. The number of benzene rings is 1. The molecule has 4 aliphatic carbocycles. The second kappa shape index (κ2) is 9.01. The number of aliphatic hydroxyl groups is 2. The van der Waals surface area contributed by atoms with E-state index in [0.29, 0.717) is 18.6 Å². The molecule has 3 fully saturated rings. The van der Waals surface area contributed by atoms with Gasteiger partial charge >= 0.3 is 0 Å². The standard InChI is InChI=1S/C33H46N2O4/c1-20(35(5)6)27-25(37)18-32(4)23-16-24(36)28-30(2)19-39-33(28,17-22(23)12-14-31(27,32)3)15-13-26(30)34-29(38)21-10-8-7-9-11-21/h7-13,15,20,23-28,36-37H,14,16-19H2,1-6H3,(H,34,38)/t20?,23-,24+,25-,26+,27+,28+,30-,31-,32+,33-/m1/s1. The first-order chi connectivity index (χ1) is 18.4. The van der Waals surface area contributed by atoms with Gasteiger partial charge in [0.1, 0.15) is 0 Å². The molecule has 1 amide bonds. The predicted octanol–water partition coefficient (Wildman–Crippen LogP) is 4.19. The molecule has 212 valence electrons. The van der Waals surface area contributed by atoms with Gasteiger partial charge in [0.15, 0.2) is 0 Å². The van der Waals surface area contributed by atoms with Crippen molar-refractivity contribution in [3.05, 3.63) is 59.7 Å². The fourth-order valence-electron chi connectivity index (χ4n) is 9.84. The zero-order valence-electron chi connectivity index (χ0n) is 24.4. The van der Waals surface area contributed by atoms with Crippen LogP contribution in [0.3, 0.4) is 0 Å². The van der Waals surface area contributed by atoms with Crippen molar-refractivity contribution in [2.45, 2.75) is 83.3 Å². The van der Waals surface area contributed by atoms with Gasteiger partial charge in [-0.15, -0.1) is 0 Å². The second-order valence-electron chi connectivity index (χ2n) is 14.3. The molecule has 39 heavy (non-hydrogen) atoms. The molecule has 11 atom stereocenters. The average molecular weight is 535 g/mol. The van der Waals surface area contributed by atoms with E-state index in [1.165, 1.54) is 5.57 Å². The van der Waals surface area contributed by atoms with Gasteiger partial charge < -0.3 is 25.2 Å². The van der Waals surface area contributed by atoms with Crippen molar-refractivity contribution < 1.29 is 19.7 Å². The van der Waals surface area contributed by atoms with Crippen molar-refractivity contribution >= 4 is 5.91 Å². The van der Waals surface area contributed by atoms with Crippen LogP contribution >= 0.6 is 0 Å². The first kappa shape index (κ1) is 27.2. The van der Waals surface area contributed by atoms with Gasteiger partial charge in [-0.25, -0.2) is 0 Å². The molecular formula is C33H46N2O4. The van der Waals surface area contributed by atoms with Gasteiger partial charge in [0.25, 0.3) is 5.91 Å². The average Bonchev–Trinajstić information content (AvgIpc) is 3.17. The number of carbonyl (C=O) groups is 1. The second-order valence-corrected chi connectivity index (χ2v) is 14.3. The molecule has 1 aromatic rings. The van der Waals surface area contributed by atoms with E-state index in [-0.39, 0.29) is 52.7 Å². The summed E-state index contributed by atoms with van der Waals surface area (Å²) in [6.45, 7) is 9.65. The first-order valence-corrected chi connectivity index (χ1v) is 14.8. The van der Waals surface area contributed by atoms with E-state index in [9.17, 15) is 15.0 Å². The minimum Gasteiger partial charge on any atom is -0.393 e. The highest BCUT2D eigenvalue weighted by atomic mass is 16.5. The van der Waals surface area contributed by atoms with Crippen LogP contribution in [0.1, 0.15) is 63.7 Å². The van der Waals surface area contributed by atoms with Crippen molar-refractivity contribution in [3.8, 4) is 0 Å². The van der Waals surface area contributed by atoms with Crippen molar-refractivity contribution in [1.82, 2.24) is 10.2 Å². The Morgan fingerprint density at radius 2 is 1.82 bits per heavy atom. The minimum absolute atomic E-state index is 0.0665. The Morgan fingerprint density at radius 1 is 1.10 bits per heavy atom. The van der Waals surface area contributed by atoms with E-state index in [2.05, 4.69) is 70.2 Å². The maximum atomic E-state index is 13.1. The zero-order chi connectivity index (χ0) is 28.0. The number of hydrogen-bond acceptors (Lipinski definition) is 5. The smallest absolute Gasteiger partial charge is 0.251 e. The Balaban J connectivity index is 1.33. The van der Waals surface area contributed by atoms with Gasteiger partial charge in [0.2, 0.25) is 0 Å². The lowest BCUT2D eigenvalue weighted by molar-refractivity contribution is -0.0480. The van der Waals surface area contributed by atoms with Crippen LogP contribution in [0.2, 0.25) is 0 Å². The van der Waals surface area contributed by atoms with Crippen molar-refractivity contribution in [2.24, 2.45) is 34.0 Å². The molecule has 6 rings (SSSR count). The largest absolute Gasteiger partial charge is 0.393 e. The molecule has 0 aromatic heterocycles. The Kier molecular flexibility index (Phi) is 6.28. The number of allylic oxidation sites excluding steroid dienone is 1. The van der Waals surface area contributed by atoms with Gasteiger partial charge in [-0.2, -0.15) is 0 Å². The molecule has 5 aliphatic rings. The number of nitrogens with zero attached hydrogens (tertiary/aromatic N) is 1. The summed E-state index contributed by atoms with van der Waals surface area (Å²) in [5.41, 5.74) is 0.831. The van der Waals surface area contributed by atoms with Crippen LogP contribution in [0.25, 0.3) is 0 Å². The molecule has 0 spiro atoms. The molecule has 2 bridgehead atoms. The van der Waals surface area contributed by atoms with E-state index < -0.39 is 17.1 Å². The third-order valence-corrected chi connectivity index (χ3v) is 12.3. The number of fused-ring (bicyclic) bond motifs is 3. The van der Waals surface area contributed by atoms with Crippen molar-refractivity contribution in [2.75, 3.05) is 20.7 Å². The number of rotatable bonds is 4. The van der Waals surface area contributed by atoms with E-state index in [4.69, 9.17) is 4.74 Å². The maximum Gasteiger partial charge on any atom is 0.251 e. The third kappa shape index (κ3) is 3.71. The Morgan fingerprint density at radius 3 is 2.51 bits per heavy atom. The first-order valence-electron chi connectivity index (χ1n) is 14.8. The molecule has 1 aliphatic heterocycles. The van der Waals surface area contributed by atoms with E-state index >= 15 is 0 Å². The normalized spacial score (nSPS) is 47.1. The monoisotopic (exact) mass is 534 g/mol. The number of carbonyl (C=O) groups excluding carboxylic acids is 1. The zero-order valence-corrected chi connectivity index (χ0v) is 24.4. The number of nitrogens with one attached hydrogen (secondary N) is 1.